The summed E-state index contributed by atoms with van der Waals surface area (Å²) in [6, 6.07) is 5.86. The lowest BCUT2D eigenvalue weighted by atomic mass is 9.66. The molecule has 0 radical (unpaired) electrons. The van der Waals surface area contributed by atoms with Crippen molar-refractivity contribution < 1.29 is 23.1 Å². The first-order valence-electron chi connectivity index (χ1n) is 7.76. The van der Waals surface area contributed by atoms with Gasteiger partial charge in [0.25, 0.3) is 0 Å². The van der Waals surface area contributed by atoms with Crippen molar-refractivity contribution in [1.29, 1.82) is 0 Å². The molecule has 7 nitrogen and oxygen atoms in total. The van der Waals surface area contributed by atoms with Crippen LogP contribution in [-0.2, 0) is 19.6 Å². The smallest absolute Gasteiger partial charge is 0.310 e. The summed E-state index contributed by atoms with van der Waals surface area (Å²) in [5, 5.41) is 12.1. The fourth-order valence-electron chi connectivity index (χ4n) is 2.81. The van der Waals surface area contributed by atoms with Gasteiger partial charge in [-0.2, -0.15) is 0 Å². The summed E-state index contributed by atoms with van der Waals surface area (Å²) in [5.41, 5.74) is -0.175. The van der Waals surface area contributed by atoms with Gasteiger partial charge in [-0.15, -0.1) is 0 Å². The number of carbonyl (C=O) groups is 2. The van der Waals surface area contributed by atoms with Crippen LogP contribution in [0.25, 0.3) is 0 Å². The average molecular weight is 354 g/mol. The third-order valence-corrected chi connectivity index (χ3v) is 6.03. The van der Waals surface area contributed by atoms with Gasteiger partial charge in [-0.1, -0.05) is 18.6 Å². The molecule has 3 N–H and O–H groups in total. The largest absolute Gasteiger partial charge is 0.481 e. The number of amides is 1. The minimum Gasteiger partial charge on any atom is -0.481 e. The predicted molar refractivity (Wildman–Crippen MR) is 87.8 cm³/mol. The van der Waals surface area contributed by atoms with E-state index in [4.69, 9.17) is 0 Å². The maximum atomic E-state index is 12.1. The lowest BCUT2D eigenvalue weighted by Crippen LogP contribution is -2.43. The number of hydrogen-bond donors (Lipinski definition) is 3. The van der Waals surface area contributed by atoms with E-state index in [1.54, 1.807) is 19.1 Å². The second kappa shape index (κ2) is 6.90. The molecule has 132 valence electrons. The zero-order chi connectivity index (χ0) is 18.0. The van der Waals surface area contributed by atoms with E-state index in [9.17, 15) is 23.1 Å². The molecule has 1 amide bonds. The number of rotatable bonds is 7. The number of carboxylic acid groups (broad SMARTS) is 1. The second-order valence-corrected chi connectivity index (χ2v) is 8.07. The highest BCUT2D eigenvalue weighted by Gasteiger charge is 2.45. The Morgan fingerprint density at radius 2 is 1.83 bits per heavy atom. The van der Waals surface area contributed by atoms with E-state index >= 15 is 0 Å². The fourth-order valence-corrected chi connectivity index (χ4v) is 3.54. The average Bonchev–Trinajstić information content (AvgIpc) is 2.50. The first-order chi connectivity index (χ1) is 11.2. The van der Waals surface area contributed by atoms with Crippen LogP contribution in [0.5, 0.6) is 0 Å². The quantitative estimate of drug-likeness (QED) is 0.685. The molecule has 1 fully saturated rings. The van der Waals surface area contributed by atoms with Crippen molar-refractivity contribution >= 4 is 21.9 Å². The third-order valence-electron chi connectivity index (χ3n) is 4.60. The van der Waals surface area contributed by atoms with Gasteiger partial charge in [-0.05, 0) is 44.5 Å². The summed E-state index contributed by atoms with van der Waals surface area (Å²) >= 11 is 0. The van der Waals surface area contributed by atoms with Gasteiger partial charge in [0.1, 0.15) is 0 Å². The molecule has 8 heteroatoms. The van der Waals surface area contributed by atoms with Gasteiger partial charge < -0.3 is 10.4 Å². The normalized spacial score (nSPS) is 17.6. The first kappa shape index (κ1) is 18.4. The molecular weight excluding hydrogens is 332 g/mol. The monoisotopic (exact) mass is 354 g/mol. The molecule has 2 rings (SSSR count). The number of carbonyl (C=O) groups excluding carboxylic acids is 1. The van der Waals surface area contributed by atoms with Crippen LogP contribution in [0.3, 0.4) is 0 Å². The minimum absolute atomic E-state index is 0.0289. The van der Waals surface area contributed by atoms with Crippen molar-refractivity contribution in [1.82, 2.24) is 10.0 Å². The van der Waals surface area contributed by atoms with Gasteiger partial charge in [0, 0.05) is 6.42 Å². The van der Waals surface area contributed by atoms with Crippen LogP contribution >= 0.6 is 0 Å². The van der Waals surface area contributed by atoms with Crippen molar-refractivity contribution in [2.75, 3.05) is 7.05 Å². The van der Waals surface area contributed by atoms with Crippen LogP contribution in [0.1, 0.15) is 44.2 Å². The van der Waals surface area contributed by atoms with Crippen molar-refractivity contribution in [3.05, 3.63) is 29.8 Å². The summed E-state index contributed by atoms with van der Waals surface area (Å²) in [6.07, 6.45) is 1.86. The van der Waals surface area contributed by atoms with Gasteiger partial charge in [0.15, 0.2) is 0 Å². The molecule has 1 atom stereocenters. The maximum absolute atomic E-state index is 12.1. The lowest BCUT2D eigenvalue weighted by Gasteiger charge is -2.37. The minimum atomic E-state index is -3.50. The highest BCUT2D eigenvalue weighted by Crippen LogP contribution is 2.44. The Morgan fingerprint density at radius 1 is 1.25 bits per heavy atom. The van der Waals surface area contributed by atoms with Crippen molar-refractivity contribution in [3.8, 4) is 0 Å². The van der Waals surface area contributed by atoms with E-state index in [2.05, 4.69) is 10.0 Å². The number of nitrogens with one attached hydrogen (secondary N) is 2. The Balaban J connectivity index is 2.00. The van der Waals surface area contributed by atoms with E-state index in [1.807, 2.05) is 0 Å². The molecule has 0 spiro atoms. The molecule has 1 unspecified atom stereocenters. The molecule has 24 heavy (non-hydrogen) atoms. The number of sulfonamides is 1. The molecule has 0 aliphatic heterocycles. The van der Waals surface area contributed by atoms with Gasteiger partial charge in [-0.3, -0.25) is 9.59 Å². The fraction of sp³-hybridized carbons (Fsp3) is 0.500. The predicted octanol–water partition coefficient (Wildman–Crippen LogP) is 1.42. The van der Waals surface area contributed by atoms with Crippen LogP contribution in [0.15, 0.2) is 29.2 Å². The summed E-state index contributed by atoms with van der Waals surface area (Å²) < 4.78 is 25.6. The van der Waals surface area contributed by atoms with Crippen LogP contribution in [-0.4, -0.2) is 32.4 Å². The summed E-state index contributed by atoms with van der Waals surface area (Å²) in [5.74, 6) is -1.23. The van der Waals surface area contributed by atoms with Crippen LogP contribution in [0, 0.1) is 5.41 Å². The third kappa shape index (κ3) is 3.76. The van der Waals surface area contributed by atoms with E-state index in [-0.39, 0.29) is 23.3 Å². The number of aliphatic carboxylic acids is 1. The van der Waals surface area contributed by atoms with Crippen LogP contribution < -0.4 is 10.0 Å². The number of hydrogen-bond acceptors (Lipinski definition) is 4. The molecule has 0 saturated heterocycles. The Kier molecular flexibility index (Phi) is 5.29. The molecule has 0 heterocycles. The zero-order valence-electron chi connectivity index (χ0n) is 13.7. The molecule has 1 saturated carbocycles. The van der Waals surface area contributed by atoms with Gasteiger partial charge >= 0.3 is 5.97 Å². The van der Waals surface area contributed by atoms with Crippen LogP contribution in [0.2, 0.25) is 0 Å². The Morgan fingerprint density at radius 3 is 2.25 bits per heavy atom. The highest BCUT2D eigenvalue weighted by molar-refractivity contribution is 7.89. The Hall–Kier alpha value is -1.93. The van der Waals surface area contributed by atoms with Gasteiger partial charge in [0.05, 0.1) is 16.4 Å². The van der Waals surface area contributed by atoms with Crippen molar-refractivity contribution in [2.45, 2.75) is 43.5 Å². The molecule has 0 aromatic heterocycles. The molecule has 1 aliphatic rings. The summed E-state index contributed by atoms with van der Waals surface area (Å²) in [7, 11) is -2.16. The Bertz CT molecular complexity index is 723. The number of carboxylic acids is 1. The van der Waals surface area contributed by atoms with E-state index in [1.165, 1.54) is 19.2 Å². The maximum Gasteiger partial charge on any atom is 0.310 e. The number of benzene rings is 1. The lowest BCUT2D eigenvalue weighted by molar-refractivity contribution is -0.157. The Labute approximate surface area is 141 Å². The topological polar surface area (TPSA) is 113 Å². The van der Waals surface area contributed by atoms with E-state index < -0.39 is 21.4 Å². The van der Waals surface area contributed by atoms with Gasteiger partial charge in [-0.25, -0.2) is 13.1 Å². The molecular formula is C16H22N2O5S. The molecule has 1 aromatic rings. The van der Waals surface area contributed by atoms with E-state index in [0.29, 0.717) is 12.8 Å². The van der Waals surface area contributed by atoms with Crippen molar-refractivity contribution in [3.63, 3.8) is 0 Å². The molecule has 1 aliphatic carbocycles. The van der Waals surface area contributed by atoms with E-state index in [0.717, 1.165) is 12.0 Å². The van der Waals surface area contributed by atoms with Crippen molar-refractivity contribution in [2.24, 2.45) is 5.41 Å². The summed E-state index contributed by atoms with van der Waals surface area (Å²) in [4.78, 5) is 23.6. The molecule has 1 aromatic carbocycles. The second-order valence-electron chi connectivity index (χ2n) is 6.18. The van der Waals surface area contributed by atoms with Crippen LogP contribution in [0.4, 0.5) is 0 Å². The zero-order valence-corrected chi connectivity index (χ0v) is 14.5. The SMILES string of the molecule is CNS(=O)(=O)c1ccc(C(C)NC(=O)CC2(C(=O)O)CCC2)cc1. The first-order valence-corrected chi connectivity index (χ1v) is 9.25. The highest BCUT2D eigenvalue weighted by atomic mass is 32.2. The standard InChI is InChI=1S/C16H22N2O5S/c1-11(12-4-6-13(7-5-12)24(22,23)17-2)18-14(19)10-16(15(20)21)8-3-9-16/h4-7,11,17H,3,8-10H2,1-2H3,(H,18,19)(H,20,21). The van der Waals surface area contributed by atoms with Gasteiger partial charge in [0.2, 0.25) is 15.9 Å². The molecule has 0 bridgehead atoms. The summed E-state index contributed by atoms with van der Waals surface area (Å²) in [6.45, 7) is 1.77.